The molecule has 2 aliphatic rings. The molecule has 0 aromatic heterocycles. The predicted octanol–water partition coefficient (Wildman–Crippen LogP) is 1.38. The fourth-order valence-electron chi connectivity index (χ4n) is 4.27. The molecule has 6 nitrogen and oxygen atoms in total. The zero-order valence-electron chi connectivity index (χ0n) is 15.7. The maximum atomic E-state index is 10.4. The van der Waals surface area contributed by atoms with Gasteiger partial charge in [0.2, 0.25) is 0 Å². The molecule has 1 aliphatic carbocycles. The summed E-state index contributed by atoms with van der Waals surface area (Å²) < 4.78 is 5.68. The summed E-state index contributed by atoms with van der Waals surface area (Å²) in [6.07, 6.45) is -0.773. The second-order valence-corrected chi connectivity index (χ2v) is 7.99. The van der Waals surface area contributed by atoms with E-state index < -0.39 is 37.1 Å². The molecule has 1 heterocycles. The van der Waals surface area contributed by atoms with E-state index in [4.69, 9.17) is 10.00 Å². The number of rotatable bonds is 4. The van der Waals surface area contributed by atoms with Gasteiger partial charge in [0.1, 0.15) is 30.5 Å². The van der Waals surface area contributed by atoms with E-state index in [0.717, 1.165) is 43.2 Å². The first kappa shape index (κ1) is 20.2. The first-order chi connectivity index (χ1) is 12.9. The van der Waals surface area contributed by atoms with Crippen molar-refractivity contribution in [3.63, 3.8) is 0 Å². The van der Waals surface area contributed by atoms with Gasteiger partial charge in [0.15, 0.2) is 0 Å². The van der Waals surface area contributed by atoms with E-state index in [1.54, 1.807) is 0 Å². The zero-order valence-corrected chi connectivity index (χ0v) is 15.7. The van der Waals surface area contributed by atoms with Gasteiger partial charge in [0.25, 0.3) is 0 Å². The Balaban J connectivity index is 1.76. The topological polar surface area (TPSA) is 114 Å². The van der Waals surface area contributed by atoms with Crippen LogP contribution in [0.25, 0.3) is 0 Å². The Labute approximate surface area is 160 Å². The molecule has 4 N–H and O–H groups in total. The minimum absolute atomic E-state index is 0.183. The average Bonchev–Trinajstić information content (AvgIpc) is 2.69. The summed E-state index contributed by atoms with van der Waals surface area (Å²) >= 11 is 0. The molecular weight excluding hydrogens is 346 g/mol. The highest BCUT2D eigenvalue weighted by atomic mass is 16.5. The summed E-state index contributed by atoms with van der Waals surface area (Å²) in [5.41, 5.74) is 3.06. The Morgan fingerprint density at radius 1 is 1.07 bits per heavy atom. The van der Waals surface area contributed by atoms with Crippen molar-refractivity contribution in [3.05, 3.63) is 34.9 Å². The summed E-state index contributed by atoms with van der Waals surface area (Å²) in [7, 11) is 0. The highest BCUT2D eigenvalue weighted by molar-refractivity contribution is 5.33. The molecule has 148 valence electrons. The standard InChI is InChI=1S/C21H29NO5/c1-12-2-7-15(21-20(26)19(25)18(24)17(11-23)27-21)9-16(12)8-13-3-5-14(10-22)6-4-13/h2,7,9,13-14,17-21,23-26H,3-6,8,11H2,1H3/t13?,14?,17-,18-,19+,20-,21+/m1/s1. The van der Waals surface area contributed by atoms with Gasteiger partial charge in [-0.15, -0.1) is 0 Å². The van der Waals surface area contributed by atoms with Gasteiger partial charge in [-0.05, 0) is 61.6 Å². The molecule has 0 amide bonds. The van der Waals surface area contributed by atoms with Gasteiger partial charge >= 0.3 is 0 Å². The van der Waals surface area contributed by atoms with Crippen LogP contribution >= 0.6 is 0 Å². The van der Waals surface area contributed by atoms with Gasteiger partial charge in [-0.25, -0.2) is 0 Å². The van der Waals surface area contributed by atoms with Gasteiger partial charge < -0.3 is 25.2 Å². The van der Waals surface area contributed by atoms with Crippen molar-refractivity contribution in [2.24, 2.45) is 11.8 Å². The number of benzene rings is 1. The van der Waals surface area contributed by atoms with Gasteiger partial charge in [0, 0.05) is 5.92 Å². The normalized spacial score (nSPS) is 37.0. The number of nitrogens with zero attached hydrogens (tertiary/aromatic N) is 1. The molecule has 1 saturated carbocycles. The number of ether oxygens (including phenoxy) is 1. The molecule has 0 bridgehead atoms. The lowest BCUT2D eigenvalue weighted by Gasteiger charge is -2.40. The van der Waals surface area contributed by atoms with Gasteiger partial charge in [-0.2, -0.15) is 5.26 Å². The first-order valence-electron chi connectivity index (χ1n) is 9.74. The molecule has 5 atom stereocenters. The predicted molar refractivity (Wildman–Crippen MR) is 98.7 cm³/mol. The Morgan fingerprint density at radius 3 is 2.41 bits per heavy atom. The number of hydrogen-bond donors (Lipinski definition) is 4. The highest BCUT2D eigenvalue weighted by Gasteiger charge is 2.44. The average molecular weight is 375 g/mol. The van der Waals surface area contributed by atoms with E-state index >= 15 is 0 Å². The highest BCUT2D eigenvalue weighted by Crippen LogP contribution is 2.35. The van der Waals surface area contributed by atoms with Gasteiger partial charge in [0.05, 0.1) is 12.7 Å². The minimum Gasteiger partial charge on any atom is -0.394 e. The van der Waals surface area contributed by atoms with Crippen molar-refractivity contribution in [1.29, 1.82) is 5.26 Å². The Bertz CT molecular complexity index is 678. The van der Waals surface area contributed by atoms with Crippen molar-refractivity contribution in [2.45, 2.75) is 69.5 Å². The summed E-state index contributed by atoms with van der Waals surface area (Å²) in [5.74, 6) is 0.723. The number of nitriles is 1. The molecule has 3 rings (SSSR count). The van der Waals surface area contributed by atoms with Crippen molar-refractivity contribution in [2.75, 3.05) is 6.61 Å². The third-order valence-electron chi connectivity index (χ3n) is 6.13. The number of aliphatic hydroxyl groups is 4. The summed E-state index contributed by atoms with van der Waals surface area (Å²) in [4.78, 5) is 0. The molecule has 27 heavy (non-hydrogen) atoms. The van der Waals surface area contributed by atoms with Crippen LogP contribution in [-0.4, -0.2) is 51.4 Å². The van der Waals surface area contributed by atoms with Crippen LogP contribution in [0.2, 0.25) is 0 Å². The Kier molecular flexibility index (Phi) is 6.51. The van der Waals surface area contributed by atoms with Crippen LogP contribution in [0.1, 0.15) is 48.5 Å². The molecule has 1 aliphatic heterocycles. The van der Waals surface area contributed by atoms with Crippen molar-refractivity contribution < 1.29 is 25.2 Å². The molecule has 1 aromatic carbocycles. The van der Waals surface area contributed by atoms with Gasteiger partial charge in [-0.3, -0.25) is 0 Å². The van der Waals surface area contributed by atoms with E-state index in [-0.39, 0.29) is 5.92 Å². The molecule has 6 heteroatoms. The fourth-order valence-corrected chi connectivity index (χ4v) is 4.27. The quantitative estimate of drug-likeness (QED) is 0.632. The number of aryl methyl sites for hydroxylation is 1. The number of aliphatic hydroxyl groups excluding tert-OH is 4. The maximum absolute atomic E-state index is 10.4. The summed E-state index contributed by atoms with van der Waals surface area (Å²) in [6, 6.07) is 8.20. The van der Waals surface area contributed by atoms with E-state index in [1.807, 2.05) is 25.1 Å². The van der Waals surface area contributed by atoms with E-state index in [2.05, 4.69) is 6.07 Å². The molecular formula is C21H29NO5. The monoisotopic (exact) mass is 375 g/mol. The molecule has 2 fully saturated rings. The van der Waals surface area contributed by atoms with E-state index in [9.17, 15) is 20.4 Å². The van der Waals surface area contributed by atoms with Crippen LogP contribution in [0.4, 0.5) is 0 Å². The largest absolute Gasteiger partial charge is 0.394 e. The molecule has 0 radical (unpaired) electrons. The smallest absolute Gasteiger partial charge is 0.113 e. The maximum Gasteiger partial charge on any atom is 0.113 e. The van der Waals surface area contributed by atoms with Crippen LogP contribution in [0, 0.1) is 30.1 Å². The van der Waals surface area contributed by atoms with Gasteiger partial charge in [-0.1, -0.05) is 18.2 Å². The van der Waals surface area contributed by atoms with Crippen LogP contribution in [0.5, 0.6) is 0 Å². The van der Waals surface area contributed by atoms with Crippen molar-refractivity contribution >= 4 is 0 Å². The summed E-state index contributed by atoms with van der Waals surface area (Å²) in [6.45, 7) is 1.62. The fraction of sp³-hybridized carbons (Fsp3) is 0.667. The van der Waals surface area contributed by atoms with Crippen molar-refractivity contribution in [3.8, 4) is 6.07 Å². The van der Waals surface area contributed by atoms with Crippen LogP contribution in [-0.2, 0) is 11.2 Å². The summed E-state index contributed by atoms with van der Waals surface area (Å²) in [5, 5.41) is 48.8. The zero-order chi connectivity index (χ0) is 19.6. The lowest BCUT2D eigenvalue weighted by molar-refractivity contribution is -0.231. The third kappa shape index (κ3) is 4.34. The second kappa shape index (κ2) is 8.68. The molecule has 0 spiro atoms. The van der Waals surface area contributed by atoms with Crippen molar-refractivity contribution in [1.82, 2.24) is 0 Å². The van der Waals surface area contributed by atoms with E-state index in [0.29, 0.717) is 5.92 Å². The lowest BCUT2D eigenvalue weighted by atomic mass is 9.79. The molecule has 0 unspecified atom stereocenters. The van der Waals surface area contributed by atoms with Crippen LogP contribution in [0.3, 0.4) is 0 Å². The van der Waals surface area contributed by atoms with E-state index in [1.165, 1.54) is 5.56 Å². The molecule has 1 saturated heterocycles. The van der Waals surface area contributed by atoms with Crippen LogP contribution in [0.15, 0.2) is 18.2 Å². The second-order valence-electron chi connectivity index (χ2n) is 7.99. The SMILES string of the molecule is Cc1ccc([C@@H]2O[C@H](CO)[C@@H](O)[C@H](O)[C@H]2O)cc1CC1CCC(C#N)CC1. The Hall–Kier alpha value is -1.49. The first-order valence-corrected chi connectivity index (χ1v) is 9.74. The Morgan fingerprint density at radius 2 is 1.78 bits per heavy atom. The number of hydrogen-bond acceptors (Lipinski definition) is 6. The minimum atomic E-state index is -1.37. The lowest BCUT2D eigenvalue weighted by Crippen LogP contribution is -2.55. The van der Waals surface area contributed by atoms with Crippen LogP contribution < -0.4 is 0 Å². The molecule has 1 aromatic rings. The third-order valence-corrected chi connectivity index (χ3v) is 6.13.